The van der Waals surface area contributed by atoms with Gasteiger partial charge in [-0.3, -0.25) is 0 Å². The van der Waals surface area contributed by atoms with Crippen LogP contribution in [0, 0.1) is 23.7 Å². The number of allylic oxidation sites excluding steroid dienone is 2. The van der Waals surface area contributed by atoms with Gasteiger partial charge < -0.3 is 0 Å². The number of fused-ring (bicyclic) bond motifs is 2. The molecule has 2 aliphatic rings. The molecule has 0 saturated heterocycles. The molecule has 2 aliphatic carbocycles. The van der Waals surface area contributed by atoms with Gasteiger partial charge in [-0.25, -0.2) is 0 Å². The van der Waals surface area contributed by atoms with Gasteiger partial charge in [0.05, 0.1) is 0 Å². The molecule has 0 saturated carbocycles. The Bertz CT molecular complexity index is 1000. The molecule has 0 fully saturated rings. The van der Waals surface area contributed by atoms with E-state index in [-0.39, 0.29) is 35.0 Å². The molecule has 0 nitrogen and oxygen atoms in total. The van der Waals surface area contributed by atoms with Crippen molar-refractivity contribution in [2.24, 2.45) is 23.7 Å². The minimum atomic E-state index is -0.301. The maximum absolute atomic E-state index is 2.66. The van der Waals surface area contributed by atoms with Crippen LogP contribution in [0.15, 0.2) is 59.2 Å². The summed E-state index contributed by atoms with van der Waals surface area (Å²) in [5, 5.41) is 3.69. The second-order valence-electron chi connectivity index (χ2n) is 12.8. The van der Waals surface area contributed by atoms with Crippen molar-refractivity contribution in [1.82, 2.24) is 0 Å². The van der Waals surface area contributed by atoms with E-state index in [1.165, 1.54) is 35.8 Å². The predicted molar refractivity (Wildman–Crippen MR) is 167 cm³/mol. The molecule has 3 heteroatoms. The molecule has 2 atom stereocenters. The van der Waals surface area contributed by atoms with Crippen LogP contribution >= 0.6 is 15.8 Å². The van der Waals surface area contributed by atoms with Crippen LogP contribution in [0.3, 0.4) is 0 Å². The third-order valence-corrected chi connectivity index (χ3v) is 17.9. The zero-order valence-corrected chi connectivity index (χ0v) is 27.8. The monoisotopic (exact) mass is 566 g/mol. The Morgan fingerprint density at radius 2 is 0.865 bits per heavy atom. The van der Waals surface area contributed by atoms with Gasteiger partial charge in [0.2, 0.25) is 0 Å². The van der Waals surface area contributed by atoms with Gasteiger partial charge in [-0.1, -0.05) is 0 Å². The molecule has 0 spiro atoms. The molecular formula is C34H48P2Ti. The molecule has 0 aliphatic heterocycles. The number of hydrogen-bond acceptors (Lipinski definition) is 0. The van der Waals surface area contributed by atoms with Crippen LogP contribution in [0.4, 0.5) is 0 Å². The Kier molecular flexibility index (Phi) is 10.5. The van der Waals surface area contributed by atoms with Crippen LogP contribution in [0.1, 0.15) is 86.1 Å². The average molecular weight is 567 g/mol. The molecule has 4 rings (SSSR count). The Balaban J connectivity index is 1.74. The molecule has 0 N–H and O–H groups in total. The first-order chi connectivity index (χ1) is 17.6. The first-order valence-corrected chi connectivity index (χ1v) is 19.7. The van der Waals surface area contributed by atoms with Gasteiger partial charge in [-0.15, -0.1) is 0 Å². The molecule has 0 amide bonds. The quantitative estimate of drug-likeness (QED) is 0.177. The molecule has 198 valence electrons. The minimum absolute atomic E-state index is 0.0931. The van der Waals surface area contributed by atoms with E-state index >= 15 is 0 Å². The van der Waals surface area contributed by atoms with Crippen LogP contribution < -0.4 is 0 Å². The van der Waals surface area contributed by atoms with Crippen molar-refractivity contribution < 1.29 is 19.2 Å². The Morgan fingerprint density at radius 3 is 1.19 bits per heavy atom. The first-order valence-electron chi connectivity index (χ1n) is 14.5. The molecule has 0 radical (unpaired) electrons. The summed E-state index contributed by atoms with van der Waals surface area (Å²) < 4.78 is 1.38. The standard InChI is InChI=1S/2C17H24P.Ti/c2*1-13(2)11-18(12-14(3)4)17-9-15-7-5-6-8-16(15)10-17;/h2*5-10,13-14H,11-12H2,1-4H3;. The summed E-state index contributed by atoms with van der Waals surface area (Å²) in [5.41, 5.74) is 6.35. The fourth-order valence-corrected chi connectivity index (χ4v) is 17.4. The summed E-state index contributed by atoms with van der Waals surface area (Å²) in [6, 6.07) is 18.8. The second kappa shape index (κ2) is 13.2. The zero-order chi connectivity index (χ0) is 26.7. The van der Waals surface area contributed by atoms with Crippen molar-refractivity contribution in [3.63, 3.8) is 0 Å². The molecule has 2 unspecified atom stereocenters. The van der Waals surface area contributed by atoms with Gasteiger partial charge in [0.25, 0.3) is 0 Å². The number of hydrogen-bond donors (Lipinski definition) is 0. The van der Waals surface area contributed by atoms with E-state index in [1.807, 2.05) is 10.6 Å². The zero-order valence-electron chi connectivity index (χ0n) is 24.5. The topological polar surface area (TPSA) is 0 Å². The van der Waals surface area contributed by atoms with Crippen molar-refractivity contribution in [3.05, 3.63) is 81.4 Å². The maximum atomic E-state index is 2.66. The van der Waals surface area contributed by atoms with E-state index in [4.69, 9.17) is 0 Å². The summed E-state index contributed by atoms with van der Waals surface area (Å²) >= 11 is -0.301. The Labute approximate surface area is 239 Å². The third-order valence-electron chi connectivity index (χ3n) is 7.22. The van der Waals surface area contributed by atoms with Crippen molar-refractivity contribution in [1.29, 1.82) is 0 Å². The van der Waals surface area contributed by atoms with E-state index in [1.54, 1.807) is 11.1 Å². The van der Waals surface area contributed by atoms with Gasteiger partial charge in [-0.05, 0) is 0 Å². The normalized spacial score (nSPS) is 18.9. The molecule has 0 bridgehead atoms. The molecule has 2 aromatic rings. The molecule has 37 heavy (non-hydrogen) atoms. The second-order valence-corrected chi connectivity index (χ2v) is 19.8. The van der Waals surface area contributed by atoms with Crippen LogP contribution in [0.2, 0.25) is 0 Å². The van der Waals surface area contributed by atoms with Crippen LogP contribution in [-0.4, -0.2) is 24.6 Å². The Hall–Kier alpha value is -0.506. The predicted octanol–water partition coefficient (Wildman–Crippen LogP) is 10.8. The van der Waals surface area contributed by atoms with Gasteiger partial charge >= 0.3 is 241 Å². The van der Waals surface area contributed by atoms with E-state index in [0.29, 0.717) is 8.45 Å². The summed E-state index contributed by atoms with van der Waals surface area (Å²) in [6.45, 7) is 19.5. The SMILES string of the molecule is CC(C)CP(CC(C)C)C1=Cc2ccccc2[CH]1[Ti][CH]1C(P(CC(C)C)CC(C)C)=Cc2ccccc21. The van der Waals surface area contributed by atoms with E-state index in [0.717, 1.165) is 23.7 Å². The van der Waals surface area contributed by atoms with E-state index in [2.05, 4.69) is 116 Å². The number of benzene rings is 2. The molecule has 2 aromatic carbocycles. The summed E-state index contributed by atoms with van der Waals surface area (Å²) in [5.74, 6) is 3.07. The van der Waals surface area contributed by atoms with Crippen LogP contribution in [-0.2, 0) is 19.2 Å². The van der Waals surface area contributed by atoms with Crippen LogP contribution in [0.5, 0.6) is 0 Å². The van der Waals surface area contributed by atoms with Crippen molar-refractivity contribution in [2.45, 2.75) is 63.8 Å². The van der Waals surface area contributed by atoms with E-state index < -0.39 is 0 Å². The van der Waals surface area contributed by atoms with E-state index in [9.17, 15) is 0 Å². The summed E-state index contributed by atoms with van der Waals surface area (Å²) in [6.07, 6.45) is 10.9. The van der Waals surface area contributed by atoms with Crippen molar-refractivity contribution >= 4 is 28.0 Å². The van der Waals surface area contributed by atoms with Gasteiger partial charge in [-0.2, -0.15) is 0 Å². The van der Waals surface area contributed by atoms with Crippen molar-refractivity contribution in [2.75, 3.05) is 24.6 Å². The van der Waals surface area contributed by atoms with Crippen molar-refractivity contribution in [3.8, 4) is 0 Å². The van der Waals surface area contributed by atoms with Gasteiger partial charge in [0.15, 0.2) is 0 Å². The first kappa shape index (κ1) is 29.5. The molecule has 0 heterocycles. The Morgan fingerprint density at radius 1 is 0.541 bits per heavy atom. The number of rotatable bonds is 12. The summed E-state index contributed by atoms with van der Waals surface area (Å²) in [7, 11) is -0.186. The average Bonchev–Trinajstić information content (AvgIpc) is 3.36. The third kappa shape index (κ3) is 7.37. The van der Waals surface area contributed by atoms with Crippen LogP contribution in [0.25, 0.3) is 12.2 Å². The van der Waals surface area contributed by atoms with Gasteiger partial charge in [0, 0.05) is 0 Å². The van der Waals surface area contributed by atoms with Gasteiger partial charge in [0.1, 0.15) is 0 Å². The molecule has 0 aromatic heterocycles. The fourth-order valence-electron chi connectivity index (χ4n) is 6.01. The molecular weight excluding hydrogens is 518 g/mol. The summed E-state index contributed by atoms with van der Waals surface area (Å²) in [4.78, 5) is 0. The fraction of sp³-hybridized carbons (Fsp3) is 0.529.